The lowest BCUT2D eigenvalue weighted by atomic mass is 9.91. The van der Waals surface area contributed by atoms with Gasteiger partial charge < -0.3 is 9.26 Å². The molecule has 1 unspecified atom stereocenters. The third kappa shape index (κ3) is 2.87. The number of nitrogens with zero attached hydrogens (tertiary/aromatic N) is 1. The van der Waals surface area contributed by atoms with Crippen molar-refractivity contribution < 1.29 is 27.6 Å². The van der Waals surface area contributed by atoms with Gasteiger partial charge in [0.1, 0.15) is 18.1 Å². The first kappa shape index (κ1) is 16.4. The van der Waals surface area contributed by atoms with Crippen molar-refractivity contribution in [3.8, 4) is 5.75 Å². The summed E-state index contributed by atoms with van der Waals surface area (Å²) in [5.41, 5.74) is 0.982. The molecule has 1 aliphatic heterocycles. The molecule has 0 radical (unpaired) electrons. The van der Waals surface area contributed by atoms with Gasteiger partial charge in [-0.1, -0.05) is 11.2 Å². The summed E-state index contributed by atoms with van der Waals surface area (Å²) < 4.78 is 35.0. The van der Waals surface area contributed by atoms with Gasteiger partial charge >= 0.3 is 0 Å². The SMILES string of the molecule is O=C1CCC(c2noc3ccc4cc(OCC(F)F)ccc4c23)C(=O)N1. The van der Waals surface area contributed by atoms with Crippen molar-refractivity contribution in [1.82, 2.24) is 10.5 Å². The number of rotatable bonds is 4. The van der Waals surface area contributed by atoms with Crippen molar-refractivity contribution in [3.05, 3.63) is 36.0 Å². The van der Waals surface area contributed by atoms with Crippen LogP contribution < -0.4 is 10.1 Å². The summed E-state index contributed by atoms with van der Waals surface area (Å²) in [5.74, 6) is -0.944. The molecule has 6 nitrogen and oxygen atoms in total. The van der Waals surface area contributed by atoms with Crippen LogP contribution in [0.25, 0.3) is 21.7 Å². The molecule has 1 saturated heterocycles. The highest BCUT2D eigenvalue weighted by atomic mass is 19.3. The Morgan fingerprint density at radius 1 is 1.27 bits per heavy atom. The molecule has 3 aromatic rings. The fourth-order valence-electron chi connectivity index (χ4n) is 3.21. The predicted molar refractivity (Wildman–Crippen MR) is 88.1 cm³/mol. The Morgan fingerprint density at radius 3 is 2.88 bits per heavy atom. The molecule has 2 aromatic carbocycles. The summed E-state index contributed by atoms with van der Waals surface area (Å²) in [5, 5.41) is 8.57. The number of aromatic nitrogens is 1. The number of fused-ring (bicyclic) bond motifs is 3. The van der Waals surface area contributed by atoms with E-state index < -0.39 is 24.9 Å². The molecule has 1 aromatic heterocycles. The van der Waals surface area contributed by atoms with Gasteiger partial charge in [0.15, 0.2) is 5.58 Å². The molecule has 2 amide bonds. The quantitative estimate of drug-likeness (QED) is 0.723. The van der Waals surface area contributed by atoms with Crippen molar-refractivity contribution in [2.75, 3.05) is 6.61 Å². The smallest absolute Gasteiger partial charge is 0.272 e. The summed E-state index contributed by atoms with van der Waals surface area (Å²) in [7, 11) is 0. The van der Waals surface area contributed by atoms with E-state index in [2.05, 4.69) is 10.5 Å². The van der Waals surface area contributed by atoms with E-state index in [1.807, 2.05) is 0 Å². The molecule has 1 fully saturated rings. The van der Waals surface area contributed by atoms with E-state index in [1.54, 1.807) is 30.3 Å². The fraction of sp³-hybridized carbons (Fsp3) is 0.278. The number of amides is 2. The summed E-state index contributed by atoms with van der Waals surface area (Å²) in [6, 6.07) is 8.44. The zero-order valence-electron chi connectivity index (χ0n) is 13.5. The van der Waals surface area contributed by atoms with Crippen LogP contribution in [0.3, 0.4) is 0 Å². The van der Waals surface area contributed by atoms with E-state index in [9.17, 15) is 18.4 Å². The number of imide groups is 1. The van der Waals surface area contributed by atoms with Crippen LogP contribution in [0.5, 0.6) is 5.75 Å². The van der Waals surface area contributed by atoms with Crippen LogP contribution >= 0.6 is 0 Å². The van der Waals surface area contributed by atoms with Crippen molar-refractivity contribution in [3.63, 3.8) is 0 Å². The number of carbonyl (C=O) groups excluding carboxylic acids is 2. The Morgan fingerprint density at radius 2 is 2.12 bits per heavy atom. The van der Waals surface area contributed by atoms with Crippen LogP contribution in [-0.4, -0.2) is 30.0 Å². The number of nitrogens with one attached hydrogen (secondary N) is 1. The first-order valence-corrected chi connectivity index (χ1v) is 8.09. The van der Waals surface area contributed by atoms with E-state index in [4.69, 9.17) is 9.26 Å². The minimum atomic E-state index is -2.55. The summed E-state index contributed by atoms with van der Waals surface area (Å²) >= 11 is 0. The average molecular weight is 360 g/mol. The third-order valence-corrected chi connectivity index (χ3v) is 4.40. The first-order chi connectivity index (χ1) is 12.5. The molecule has 26 heavy (non-hydrogen) atoms. The molecule has 0 aliphatic carbocycles. The van der Waals surface area contributed by atoms with Crippen LogP contribution in [-0.2, 0) is 9.59 Å². The zero-order chi connectivity index (χ0) is 18.3. The number of hydrogen-bond acceptors (Lipinski definition) is 5. The molecule has 134 valence electrons. The van der Waals surface area contributed by atoms with Crippen LogP contribution in [0.2, 0.25) is 0 Å². The van der Waals surface area contributed by atoms with Crippen molar-refractivity contribution in [1.29, 1.82) is 0 Å². The monoisotopic (exact) mass is 360 g/mol. The topological polar surface area (TPSA) is 81.4 Å². The zero-order valence-corrected chi connectivity index (χ0v) is 13.5. The van der Waals surface area contributed by atoms with E-state index in [1.165, 1.54) is 0 Å². The van der Waals surface area contributed by atoms with Gasteiger partial charge in [0.25, 0.3) is 6.43 Å². The maximum absolute atomic E-state index is 12.3. The second kappa shape index (κ2) is 6.36. The summed E-state index contributed by atoms with van der Waals surface area (Å²) in [6.45, 7) is -0.678. The van der Waals surface area contributed by atoms with Gasteiger partial charge in [-0.2, -0.15) is 0 Å². The molecule has 2 heterocycles. The first-order valence-electron chi connectivity index (χ1n) is 8.09. The summed E-state index contributed by atoms with van der Waals surface area (Å²) in [6.07, 6.45) is -1.95. The minimum absolute atomic E-state index is 0.237. The maximum Gasteiger partial charge on any atom is 0.272 e. The molecule has 1 N–H and O–H groups in total. The van der Waals surface area contributed by atoms with Gasteiger partial charge in [0.2, 0.25) is 11.8 Å². The number of ether oxygens (including phenoxy) is 1. The molecule has 8 heteroatoms. The highest BCUT2D eigenvalue weighted by molar-refractivity contribution is 6.10. The second-order valence-corrected chi connectivity index (χ2v) is 6.10. The number of hydrogen-bond donors (Lipinski definition) is 1. The standard InChI is InChI=1S/C18H14F2N2O4/c19-14(20)8-25-10-2-3-11-9(7-10)1-5-13-16(11)17(22-26-13)12-4-6-15(23)21-18(12)24/h1-3,5,7,12,14H,4,6,8H2,(H,21,23,24). The lowest BCUT2D eigenvalue weighted by molar-refractivity contribution is -0.134. The molecule has 0 saturated carbocycles. The fourth-order valence-corrected chi connectivity index (χ4v) is 3.21. The Labute approximate surface area is 146 Å². The van der Waals surface area contributed by atoms with Gasteiger partial charge in [0.05, 0.1) is 11.3 Å². The van der Waals surface area contributed by atoms with Crippen molar-refractivity contribution in [2.24, 2.45) is 0 Å². The Balaban J connectivity index is 1.78. The molecule has 0 spiro atoms. The van der Waals surface area contributed by atoms with Gasteiger partial charge in [-0.05, 0) is 41.5 Å². The Bertz CT molecular complexity index is 1020. The van der Waals surface area contributed by atoms with Gasteiger partial charge in [-0.25, -0.2) is 8.78 Å². The van der Waals surface area contributed by atoms with Crippen molar-refractivity contribution >= 4 is 33.6 Å². The molecule has 1 aliphatic rings. The van der Waals surface area contributed by atoms with Crippen LogP contribution in [0.4, 0.5) is 8.78 Å². The van der Waals surface area contributed by atoms with Gasteiger partial charge in [-0.3, -0.25) is 14.9 Å². The van der Waals surface area contributed by atoms with E-state index >= 15 is 0 Å². The molecular weight excluding hydrogens is 346 g/mol. The summed E-state index contributed by atoms with van der Waals surface area (Å²) in [4.78, 5) is 23.5. The normalized spacial score (nSPS) is 17.9. The minimum Gasteiger partial charge on any atom is -0.488 e. The third-order valence-electron chi connectivity index (χ3n) is 4.40. The van der Waals surface area contributed by atoms with Crippen LogP contribution in [0, 0.1) is 0 Å². The number of benzene rings is 2. The largest absolute Gasteiger partial charge is 0.488 e. The number of piperidine rings is 1. The Hall–Kier alpha value is -3.03. The van der Waals surface area contributed by atoms with Crippen LogP contribution in [0.15, 0.2) is 34.9 Å². The highest BCUT2D eigenvalue weighted by Crippen LogP contribution is 2.36. The second-order valence-electron chi connectivity index (χ2n) is 6.10. The lowest BCUT2D eigenvalue weighted by Gasteiger charge is -2.19. The predicted octanol–water partition coefficient (Wildman–Crippen LogP) is 3.15. The van der Waals surface area contributed by atoms with Crippen molar-refractivity contribution in [2.45, 2.75) is 25.2 Å². The molecule has 1 atom stereocenters. The Kier molecular flexibility index (Phi) is 4.02. The van der Waals surface area contributed by atoms with E-state index in [0.717, 1.165) is 10.8 Å². The molecular formula is C18H14F2N2O4. The average Bonchev–Trinajstić information content (AvgIpc) is 3.04. The maximum atomic E-state index is 12.3. The van der Waals surface area contributed by atoms with E-state index in [0.29, 0.717) is 28.8 Å². The molecule has 0 bridgehead atoms. The van der Waals surface area contributed by atoms with Gasteiger partial charge in [-0.15, -0.1) is 0 Å². The number of carbonyl (C=O) groups is 2. The highest BCUT2D eigenvalue weighted by Gasteiger charge is 2.32. The number of halogens is 2. The van der Waals surface area contributed by atoms with Crippen LogP contribution in [0.1, 0.15) is 24.5 Å². The van der Waals surface area contributed by atoms with Gasteiger partial charge in [0, 0.05) is 6.42 Å². The van der Waals surface area contributed by atoms with E-state index in [-0.39, 0.29) is 12.3 Å². The lowest BCUT2D eigenvalue weighted by Crippen LogP contribution is -2.39. The number of alkyl halides is 2. The molecule has 4 rings (SSSR count).